The van der Waals surface area contributed by atoms with Crippen LogP contribution >= 0.6 is 15.6 Å². The van der Waals surface area contributed by atoms with E-state index in [1.165, 1.54) is 250 Å². The fourth-order valence-corrected chi connectivity index (χ4v) is 14.3. The van der Waals surface area contributed by atoms with E-state index < -0.39 is 97.5 Å². The summed E-state index contributed by atoms with van der Waals surface area (Å²) in [5.74, 6) is -0.574. The van der Waals surface area contributed by atoms with Crippen LogP contribution in [0.4, 0.5) is 0 Å². The molecule has 0 rings (SSSR count). The first kappa shape index (κ1) is 99.1. The van der Waals surface area contributed by atoms with Gasteiger partial charge in [0.25, 0.3) is 0 Å². The highest BCUT2D eigenvalue weighted by molar-refractivity contribution is 7.47. The highest BCUT2D eigenvalue weighted by Crippen LogP contribution is 2.45. The number of hydrogen-bond acceptors (Lipinski definition) is 15. The van der Waals surface area contributed by atoms with Crippen molar-refractivity contribution in [3.63, 3.8) is 0 Å². The Bertz CT molecular complexity index is 1940. The first-order valence-corrected chi connectivity index (χ1v) is 45.5. The summed E-state index contributed by atoms with van der Waals surface area (Å²) in [6.45, 7) is 9.63. The summed E-state index contributed by atoms with van der Waals surface area (Å²) in [4.78, 5) is 73.0. The van der Waals surface area contributed by atoms with Gasteiger partial charge >= 0.3 is 39.5 Å². The summed E-state index contributed by atoms with van der Waals surface area (Å²) in [7, 11) is -9.92. The molecule has 0 amide bonds. The van der Waals surface area contributed by atoms with Gasteiger partial charge in [-0.1, -0.05) is 382 Å². The van der Waals surface area contributed by atoms with E-state index in [1.54, 1.807) is 0 Å². The Morgan fingerprint density at radius 3 is 0.673 bits per heavy atom. The Hall–Kier alpha value is -1.94. The van der Waals surface area contributed by atoms with Gasteiger partial charge in [0, 0.05) is 25.7 Å². The van der Waals surface area contributed by atoms with Crippen LogP contribution in [0.25, 0.3) is 0 Å². The van der Waals surface area contributed by atoms with Crippen LogP contribution in [0.15, 0.2) is 0 Å². The second-order valence-corrected chi connectivity index (χ2v) is 33.4. The molecule has 17 nitrogen and oxygen atoms in total. The van der Waals surface area contributed by atoms with E-state index in [1.807, 2.05) is 0 Å². The molecule has 600 valence electrons. The SMILES string of the molecule is CCCCCCCCCCCCCCCCCCCCCCCCC(=O)O[C@H](COC(=O)CCCCCCCCCCCCCCC(C)C)COP(=O)(O)OC[C@@H](O)COP(=O)(O)OC[C@@H](COC(=O)CCCCCCCCCCCCC)OC(=O)CCCCCCCCCCCCC(C)C. The highest BCUT2D eigenvalue weighted by atomic mass is 31.2. The average molecular weight is 1480 g/mol. The summed E-state index contributed by atoms with van der Waals surface area (Å²) in [6.07, 6.45) is 63.9. The number of rotatable bonds is 81. The second kappa shape index (κ2) is 73.6. The number of hydrogen-bond donors (Lipinski definition) is 3. The number of unbranched alkanes of at least 4 members (excludes halogenated alkanes) is 51. The molecule has 0 aliphatic carbocycles. The number of aliphatic hydroxyl groups excluding tert-OH is 1. The Kier molecular flexibility index (Phi) is 72.2. The fraction of sp³-hybridized carbons (Fsp3) is 0.951. The number of carbonyl (C=O) groups is 4. The van der Waals surface area contributed by atoms with Crippen LogP contribution in [0.3, 0.4) is 0 Å². The number of ether oxygens (including phenoxy) is 4. The predicted molar refractivity (Wildman–Crippen MR) is 414 cm³/mol. The van der Waals surface area contributed by atoms with Crippen molar-refractivity contribution in [3.8, 4) is 0 Å². The molecule has 0 spiro atoms. The van der Waals surface area contributed by atoms with Crippen LogP contribution in [0.1, 0.15) is 433 Å². The molecule has 0 aromatic carbocycles. The van der Waals surface area contributed by atoms with Crippen LogP contribution in [0, 0.1) is 11.8 Å². The van der Waals surface area contributed by atoms with Gasteiger partial charge in [0.15, 0.2) is 12.2 Å². The normalized spacial score (nSPS) is 13.9. The van der Waals surface area contributed by atoms with Crippen LogP contribution in [-0.2, 0) is 65.4 Å². The van der Waals surface area contributed by atoms with E-state index in [-0.39, 0.29) is 25.7 Å². The molecule has 19 heteroatoms. The molecule has 2 unspecified atom stereocenters. The molecule has 0 aromatic rings. The van der Waals surface area contributed by atoms with Gasteiger partial charge in [0.05, 0.1) is 26.4 Å². The molecule has 0 heterocycles. The molecule has 0 bridgehead atoms. The van der Waals surface area contributed by atoms with Gasteiger partial charge in [0.2, 0.25) is 0 Å². The number of phosphoric acid groups is 2. The first-order valence-electron chi connectivity index (χ1n) is 42.5. The zero-order valence-corrected chi connectivity index (χ0v) is 68.0. The maximum Gasteiger partial charge on any atom is 0.472 e. The largest absolute Gasteiger partial charge is 0.472 e. The lowest BCUT2D eigenvalue weighted by Crippen LogP contribution is -2.30. The van der Waals surface area contributed by atoms with Crippen molar-refractivity contribution < 1.29 is 80.2 Å². The summed E-state index contributed by atoms with van der Waals surface area (Å²) in [5, 5.41) is 10.6. The van der Waals surface area contributed by atoms with Gasteiger partial charge in [-0.3, -0.25) is 37.3 Å². The zero-order chi connectivity index (χ0) is 74.2. The van der Waals surface area contributed by atoms with Crippen molar-refractivity contribution in [1.29, 1.82) is 0 Å². The lowest BCUT2D eigenvalue weighted by atomic mass is 10.0. The number of carbonyl (C=O) groups excluding carboxylic acids is 4. The van der Waals surface area contributed by atoms with Gasteiger partial charge < -0.3 is 33.8 Å². The number of aliphatic hydroxyl groups is 1. The van der Waals surface area contributed by atoms with E-state index in [4.69, 9.17) is 37.0 Å². The molecule has 0 aliphatic rings. The molecule has 101 heavy (non-hydrogen) atoms. The molecule has 0 radical (unpaired) electrons. The lowest BCUT2D eigenvalue weighted by Gasteiger charge is -2.21. The maximum absolute atomic E-state index is 13.1. The Morgan fingerprint density at radius 2 is 0.455 bits per heavy atom. The van der Waals surface area contributed by atoms with E-state index >= 15 is 0 Å². The van der Waals surface area contributed by atoms with Gasteiger partial charge in [-0.25, -0.2) is 9.13 Å². The molecule has 0 aromatic heterocycles. The average Bonchev–Trinajstić information content (AvgIpc) is 0.976. The molecule has 0 fully saturated rings. The van der Waals surface area contributed by atoms with Gasteiger partial charge in [-0.05, 0) is 37.5 Å². The van der Waals surface area contributed by atoms with Gasteiger partial charge in [0.1, 0.15) is 19.3 Å². The standard InChI is InChI=1S/C82H160O17P2/c1-7-9-11-13-15-17-19-20-21-22-23-24-25-26-27-28-29-35-42-48-54-60-66-81(86)98-77(71-93-80(85)65-59-53-47-41-34-31-30-33-38-44-50-56-62-74(3)4)72-96-100(88,89)94-68-76(83)69-95-101(90,91)97-73-78(70-92-79(84)64-58-52-46-40-32-18-16-14-12-10-8-2)99-82(87)67-61-55-49-43-37-36-39-45-51-57-63-75(5)6/h74-78,83H,7-73H2,1-6H3,(H,88,89)(H,90,91)/t76-,77-,78-/m1/s1. The van der Waals surface area contributed by atoms with E-state index in [9.17, 15) is 43.2 Å². The van der Waals surface area contributed by atoms with Crippen molar-refractivity contribution >= 4 is 39.5 Å². The minimum Gasteiger partial charge on any atom is -0.462 e. The zero-order valence-electron chi connectivity index (χ0n) is 66.2. The van der Waals surface area contributed by atoms with Crippen LogP contribution in [0.5, 0.6) is 0 Å². The van der Waals surface area contributed by atoms with Crippen molar-refractivity contribution in [2.75, 3.05) is 39.6 Å². The van der Waals surface area contributed by atoms with E-state index in [0.717, 1.165) is 102 Å². The van der Waals surface area contributed by atoms with Crippen molar-refractivity contribution in [1.82, 2.24) is 0 Å². The Balaban J connectivity index is 5.21. The number of esters is 4. The molecular weight excluding hydrogens is 1320 g/mol. The van der Waals surface area contributed by atoms with Crippen molar-refractivity contribution in [3.05, 3.63) is 0 Å². The smallest absolute Gasteiger partial charge is 0.462 e. The van der Waals surface area contributed by atoms with Crippen LogP contribution in [0.2, 0.25) is 0 Å². The third-order valence-corrected chi connectivity index (χ3v) is 21.1. The minimum atomic E-state index is -4.96. The molecule has 3 N–H and O–H groups in total. The fourth-order valence-electron chi connectivity index (χ4n) is 12.7. The maximum atomic E-state index is 13.1. The Morgan fingerprint density at radius 1 is 0.267 bits per heavy atom. The summed E-state index contributed by atoms with van der Waals surface area (Å²) in [5.41, 5.74) is 0. The first-order chi connectivity index (χ1) is 48.9. The summed E-state index contributed by atoms with van der Waals surface area (Å²) < 4.78 is 68.7. The minimum absolute atomic E-state index is 0.106. The third kappa shape index (κ3) is 76.1. The molecule has 0 saturated heterocycles. The topological polar surface area (TPSA) is 237 Å². The van der Waals surface area contributed by atoms with Gasteiger partial charge in [-0.2, -0.15) is 0 Å². The molecule has 5 atom stereocenters. The third-order valence-electron chi connectivity index (χ3n) is 19.2. The van der Waals surface area contributed by atoms with Gasteiger partial charge in [-0.15, -0.1) is 0 Å². The Labute approximate surface area is 619 Å². The lowest BCUT2D eigenvalue weighted by molar-refractivity contribution is -0.161. The van der Waals surface area contributed by atoms with Crippen molar-refractivity contribution in [2.45, 2.75) is 452 Å². The monoisotopic (exact) mass is 1480 g/mol. The molecular formula is C82H160O17P2. The number of phosphoric ester groups is 2. The predicted octanol–water partition coefficient (Wildman–Crippen LogP) is 24.7. The van der Waals surface area contributed by atoms with E-state index in [2.05, 4.69) is 41.5 Å². The van der Waals surface area contributed by atoms with E-state index in [0.29, 0.717) is 25.7 Å². The highest BCUT2D eigenvalue weighted by Gasteiger charge is 2.30. The van der Waals surface area contributed by atoms with Crippen LogP contribution < -0.4 is 0 Å². The summed E-state index contributed by atoms with van der Waals surface area (Å²) >= 11 is 0. The van der Waals surface area contributed by atoms with Crippen LogP contribution in [-0.4, -0.2) is 96.7 Å². The summed E-state index contributed by atoms with van der Waals surface area (Å²) in [6, 6.07) is 0. The quantitative estimate of drug-likeness (QED) is 0.0222. The molecule has 0 aliphatic heterocycles. The molecule has 0 saturated carbocycles. The van der Waals surface area contributed by atoms with Crippen molar-refractivity contribution in [2.24, 2.45) is 11.8 Å². The second-order valence-electron chi connectivity index (χ2n) is 30.5.